The van der Waals surface area contributed by atoms with Crippen LogP contribution < -0.4 is 5.32 Å². The highest BCUT2D eigenvalue weighted by molar-refractivity contribution is 5.29. The summed E-state index contributed by atoms with van der Waals surface area (Å²) < 4.78 is 0. The Morgan fingerprint density at radius 2 is 1.77 bits per heavy atom. The molecule has 0 bridgehead atoms. The molecule has 1 heteroatoms. The Bertz CT molecular complexity index is 267. The second-order valence-corrected chi connectivity index (χ2v) is 2.94. The average molecular weight is 175 g/mol. The smallest absolute Gasteiger partial charge is 0.0309 e. The maximum absolute atomic E-state index is 3.80. The maximum atomic E-state index is 3.80. The predicted octanol–water partition coefficient (Wildman–Crippen LogP) is 3.31. The molecule has 1 N–H and O–H groups in total. The molecule has 0 aliphatic heterocycles. The third kappa shape index (κ3) is 6.88. The average Bonchev–Trinajstić information content (AvgIpc) is 2.01. The Balaban J connectivity index is 4.24. The van der Waals surface area contributed by atoms with Crippen LogP contribution in [0, 0.1) is 0 Å². The van der Waals surface area contributed by atoms with Crippen LogP contribution in [0.3, 0.4) is 0 Å². The van der Waals surface area contributed by atoms with E-state index in [2.05, 4.69) is 25.1 Å². The van der Waals surface area contributed by atoms with Gasteiger partial charge in [-0.1, -0.05) is 37.5 Å². The third-order valence-electron chi connectivity index (χ3n) is 1.32. The van der Waals surface area contributed by atoms with Crippen molar-refractivity contribution in [2.24, 2.45) is 0 Å². The van der Waals surface area contributed by atoms with Gasteiger partial charge in [0.25, 0.3) is 0 Å². The minimum absolute atomic E-state index is 0.832. The van der Waals surface area contributed by atoms with E-state index in [1.807, 2.05) is 32.1 Å². The lowest BCUT2D eigenvalue weighted by molar-refractivity contribution is 1.12. The predicted molar refractivity (Wildman–Crippen MR) is 60.2 cm³/mol. The van der Waals surface area contributed by atoms with Crippen molar-refractivity contribution in [2.75, 3.05) is 0 Å². The van der Waals surface area contributed by atoms with Crippen LogP contribution >= 0.6 is 0 Å². The summed E-state index contributed by atoms with van der Waals surface area (Å²) in [4.78, 5) is 0. The summed E-state index contributed by atoms with van der Waals surface area (Å²) >= 11 is 0. The van der Waals surface area contributed by atoms with Crippen LogP contribution in [0.5, 0.6) is 0 Å². The van der Waals surface area contributed by atoms with E-state index in [0.717, 1.165) is 16.8 Å². The molecule has 0 unspecified atom stereocenters. The van der Waals surface area contributed by atoms with Gasteiger partial charge >= 0.3 is 0 Å². The summed E-state index contributed by atoms with van der Waals surface area (Å²) in [5.74, 6) is 0. The minimum atomic E-state index is 0.832. The second-order valence-electron chi connectivity index (χ2n) is 2.94. The molecule has 70 valence electrons. The van der Waals surface area contributed by atoms with Gasteiger partial charge in [0.2, 0.25) is 0 Å². The van der Waals surface area contributed by atoms with Crippen molar-refractivity contribution in [1.29, 1.82) is 0 Å². The number of allylic oxidation sites excluding steroid dienone is 5. The van der Waals surface area contributed by atoms with E-state index in [-0.39, 0.29) is 0 Å². The van der Waals surface area contributed by atoms with Crippen LogP contribution in [-0.2, 0) is 0 Å². The van der Waals surface area contributed by atoms with Gasteiger partial charge < -0.3 is 5.32 Å². The zero-order valence-electron chi connectivity index (χ0n) is 8.43. The van der Waals surface area contributed by atoms with Gasteiger partial charge in [-0.2, -0.15) is 0 Å². The molecular formula is C12H17N. The summed E-state index contributed by atoms with van der Waals surface area (Å²) in [5, 5.41) is 2.90. The summed E-state index contributed by atoms with van der Waals surface area (Å²) in [7, 11) is 0. The van der Waals surface area contributed by atoms with E-state index < -0.39 is 0 Å². The molecule has 0 atom stereocenters. The highest BCUT2D eigenvalue weighted by Crippen LogP contribution is 2.01. The SMILES string of the molecule is C=CNC(=C)/C=C(C)\C=C/C(=C)C. The monoisotopic (exact) mass is 175 g/mol. The fourth-order valence-electron chi connectivity index (χ4n) is 0.769. The van der Waals surface area contributed by atoms with Crippen LogP contribution in [0.25, 0.3) is 0 Å². The standard InChI is InChI=1S/C12H17N/c1-6-13-12(5)9-11(4)8-7-10(2)3/h6-9,13H,1-2,5H2,3-4H3/b8-7-,11-9-. The largest absolute Gasteiger partial charge is 0.363 e. The van der Waals surface area contributed by atoms with Gasteiger partial charge in [0, 0.05) is 5.70 Å². The molecule has 0 rings (SSSR count). The number of hydrogen-bond acceptors (Lipinski definition) is 1. The van der Waals surface area contributed by atoms with Gasteiger partial charge in [-0.25, -0.2) is 0 Å². The molecule has 0 radical (unpaired) electrons. The van der Waals surface area contributed by atoms with Crippen molar-refractivity contribution in [3.05, 3.63) is 61.0 Å². The summed E-state index contributed by atoms with van der Waals surface area (Å²) in [5.41, 5.74) is 3.00. The zero-order valence-corrected chi connectivity index (χ0v) is 8.43. The van der Waals surface area contributed by atoms with Crippen molar-refractivity contribution in [3.8, 4) is 0 Å². The first-order valence-corrected chi connectivity index (χ1v) is 4.14. The molecule has 0 fully saturated rings. The Labute approximate surface area is 80.9 Å². The van der Waals surface area contributed by atoms with Gasteiger partial charge in [0.1, 0.15) is 0 Å². The maximum Gasteiger partial charge on any atom is 0.0309 e. The van der Waals surface area contributed by atoms with Crippen LogP contribution in [0.15, 0.2) is 61.0 Å². The van der Waals surface area contributed by atoms with Gasteiger partial charge in [-0.3, -0.25) is 0 Å². The first-order valence-electron chi connectivity index (χ1n) is 4.14. The Hall–Kier alpha value is -1.50. The van der Waals surface area contributed by atoms with Crippen molar-refractivity contribution >= 4 is 0 Å². The van der Waals surface area contributed by atoms with Crippen molar-refractivity contribution in [3.63, 3.8) is 0 Å². The van der Waals surface area contributed by atoms with Gasteiger partial charge in [0.15, 0.2) is 0 Å². The van der Waals surface area contributed by atoms with E-state index >= 15 is 0 Å². The van der Waals surface area contributed by atoms with E-state index in [1.54, 1.807) is 6.20 Å². The lowest BCUT2D eigenvalue weighted by Crippen LogP contribution is -1.99. The number of rotatable bonds is 5. The molecule has 0 heterocycles. The highest BCUT2D eigenvalue weighted by Gasteiger charge is 1.85. The van der Waals surface area contributed by atoms with Crippen molar-refractivity contribution in [2.45, 2.75) is 13.8 Å². The molecule has 0 amide bonds. The summed E-state index contributed by atoms with van der Waals surface area (Å²) in [6.45, 7) is 15.1. The molecular weight excluding hydrogens is 158 g/mol. The lowest BCUT2D eigenvalue weighted by Gasteiger charge is -1.98. The van der Waals surface area contributed by atoms with Crippen LogP contribution in [-0.4, -0.2) is 0 Å². The topological polar surface area (TPSA) is 12.0 Å². The van der Waals surface area contributed by atoms with Crippen molar-refractivity contribution in [1.82, 2.24) is 5.32 Å². The Kier molecular flexibility index (Phi) is 5.37. The normalized spacial score (nSPS) is 11.4. The molecule has 0 aliphatic carbocycles. The van der Waals surface area contributed by atoms with Crippen molar-refractivity contribution < 1.29 is 0 Å². The molecule has 0 aromatic heterocycles. The van der Waals surface area contributed by atoms with Gasteiger partial charge in [-0.05, 0) is 31.7 Å². The number of nitrogens with one attached hydrogen (secondary N) is 1. The van der Waals surface area contributed by atoms with E-state index in [9.17, 15) is 0 Å². The van der Waals surface area contributed by atoms with Gasteiger partial charge in [0.05, 0.1) is 0 Å². The fraction of sp³-hybridized carbons (Fsp3) is 0.167. The van der Waals surface area contributed by atoms with E-state index in [4.69, 9.17) is 0 Å². The fourth-order valence-corrected chi connectivity index (χ4v) is 0.769. The second kappa shape index (κ2) is 6.06. The Morgan fingerprint density at radius 3 is 2.23 bits per heavy atom. The molecule has 13 heavy (non-hydrogen) atoms. The van der Waals surface area contributed by atoms with Gasteiger partial charge in [-0.15, -0.1) is 0 Å². The number of hydrogen-bond donors (Lipinski definition) is 1. The first kappa shape index (κ1) is 11.5. The highest BCUT2D eigenvalue weighted by atomic mass is 14.8. The first-order chi connectivity index (χ1) is 6.06. The van der Waals surface area contributed by atoms with Crippen LogP contribution in [0.4, 0.5) is 0 Å². The molecule has 1 nitrogen and oxygen atoms in total. The lowest BCUT2D eigenvalue weighted by atomic mass is 10.2. The summed E-state index contributed by atoms with van der Waals surface area (Å²) in [6, 6.07) is 0. The molecule has 0 aliphatic rings. The molecule has 0 saturated heterocycles. The third-order valence-corrected chi connectivity index (χ3v) is 1.32. The zero-order chi connectivity index (χ0) is 10.3. The molecule has 0 saturated carbocycles. The minimum Gasteiger partial charge on any atom is -0.363 e. The molecule has 0 aromatic carbocycles. The van der Waals surface area contributed by atoms with E-state index in [0.29, 0.717) is 0 Å². The quantitative estimate of drug-likeness (QED) is 0.632. The molecule has 0 aromatic rings. The van der Waals surface area contributed by atoms with E-state index in [1.165, 1.54) is 0 Å². The Morgan fingerprint density at radius 1 is 1.15 bits per heavy atom. The van der Waals surface area contributed by atoms with Crippen LogP contribution in [0.2, 0.25) is 0 Å². The summed E-state index contributed by atoms with van der Waals surface area (Å²) in [6.07, 6.45) is 7.51. The van der Waals surface area contributed by atoms with Crippen LogP contribution in [0.1, 0.15) is 13.8 Å². The molecule has 0 spiro atoms.